The second-order valence-corrected chi connectivity index (χ2v) is 36.5. The molecule has 0 amide bonds. The monoisotopic (exact) mass is 2110 g/mol. The molecule has 0 aromatic rings. The Morgan fingerprint density at radius 1 is 0.0909 bits per heavy atom. The van der Waals surface area contributed by atoms with Crippen molar-refractivity contribution >= 4 is 0 Å². The second kappa shape index (κ2) is 49.9. The summed E-state index contributed by atoms with van der Waals surface area (Å²) >= 11 is 0. The Morgan fingerprint density at radius 2 is 0.182 bits per heavy atom. The Balaban J connectivity index is 0.676. The maximum atomic E-state index is 11.9. The second-order valence-electron chi connectivity index (χ2n) is 36.5. The Morgan fingerprint density at radius 3 is 0.287 bits per heavy atom. The van der Waals surface area contributed by atoms with E-state index >= 15 is 0 Å². The lowest BCUT2D eigenvalue weighted by molar-refractivity contribution is -0.403. The van der Waals surface area contributed by atoms with Gasteiger partial charge in [-0.2, -0.15) is 0 Å². The summed E-state index contributed by atoms with van der Waals surface area (Å²) in [5, 5.41) is 439. The standard InChI is InChI=1S/C78H130O65/c79-1-14-64-51(116)65(66(117)118-14)131-52-15(2-80)119-67(39(104)27(52)92)132-53-16(3-81)120-68(40(105)28(53)93)133-54-17(4-82)121-69(41(106)29(54)94)134-55-18(5-83)122-70(42(107)30(55)95)135-56-19(6-84)123-71(43(108)31(56)96)136-57-20(7-85)124-72(44(109)32(57)97)137-58-21(8-86)125-73(45(110)33(58)98)138-59-22(9-87)126-74(46(111)34(59)99)139-60-23(10-88)127-75(47(112)35(60)100)140-61-24(11-89)128-76(48(113)36(61)101)141-62-25(12-90)129-77(49(114)37(62)102)142-63-26(13-91)130-78(143-64)50(115)38(63)103/h14-117H,1-13H2/t14-,15?,16?,17?,18?,19?,20?,21?,22?,23?,24?,25?,26?,27-,28?,29?,30?,31?,32?,33?,34?,35?,36?,37?,38?,39-,40?,41?,42?,43?,44?,45?,46?,47?,48?,49?,50?,51+,52-,53?,54?,55?,56?,57?,58-,59?,60?,61?,62?,63?,64-,65-,66+,67-,68?,69?,70?,71?,72?,73-,74?,75?,76?,77?,78?/m1/s1. The van der Waals surface area contributed by atoms with Gasteiger partial charge in [0.1, 0.15) is 317 Å². The Kier molecular flexibility index (Phi) is 40.4. The van der Waals surface area contributed by atoms with Crippen LogP contribution < -0.4 is 0 Å². The van der Waals surface area contributed by atoms with E-state index in [9.17, 15) is 199 Å². The molecular formula is C78H130O65. The zero-order chi connectivity index (χ0) is 104. The van der Waals surface area contributed by atoms with E-state index in [0.717, 1.165) is 0 Å². The van der Waals surface area contributed by atoms with Crippen LogP contribution >= 0.6 is 0 Å². The summed E-state index contributed by atoms with van der Waals surface area (Å²) in [4.78, 5) is 0. The maximum Gasteiger partial charge on any atom is 0.187 e. The summed E-state index contributed by atoms with van der Waals surface area (Å²) in [5.74, 6) is 0. The zero-order valence-electron chi connectivity index (χ0n) is 74.8. The first-order chi connectivity index (χ1) is 68.1. The number of rotatable bonds is 13. The fourth-order valence-electron chi connectivity index (χ4n) is 19.4. The normalized spacial score (nSPS) is 55.4. The van der Waals surface area contributed by atoms with Crippen LogP contribution in [0.1, 0.15) is 0 Å². The molecule has 0 spiro atoms. The quantitative estimate of drug-likeness (QED) is 0.0814. The van der Waals surface area contributed by atoms with E-state index in [1.165, 1.54) is 0 Å². The molecule has 42 rings (SSSR count). The Bertz CT molecular complexity index is 3640. The van der Waals surface area contributed by atoms with Crippen molar-refractivity contribution in [2.24, 2.45) is 0 Å². The molecule has 832 valence electrons. The first-order valence-electron chi connectivity index (χ1n) is 45.7. The third-order valence-electron chi connectivity index (χ3n) is 27.5. The minimum atomic E-state index is -2.41. The summed E-state index contributed by atoms with van der Waals surface area (Å²) in [6, 6.07) is 0. The maximum absolute atomic E-state index is 11.9. The van der Waals surface area contributed by atoms with Crippen LogP contribution in [0.15, 0.2) is 0 Å². The van der Waals surface area contributed by atoms with Crippen molar-refractivity contribution in [3.05, 3.63) is 0 Å². The highest BCUT2D eigenvalue weighted by molar-refractivity contribution is 5.07. The molecule has 42 heterocycles. The lowest BCUT2D eigenvalue weighted by Crippen LogP contribution is -2.69. The van der Waals surface area contributed by atoms with Crippen LogP contribution in [0, 0.1) is 0 Å². The van der Waals surface area contributed by atoms with Gasteiger partial charge in [-0.25, -0.2) is 0 Å². The third-order valence-corrected chi connectivity index (χ3v) is 27.5. The smallest absolute Gasteiger partial charge is 0.187 e. The molecule has 0 aromatic carbocycles. The van der Waals surface area contributed by atoms with Gasteiger partial charge in [-0.3, -0.25) is 0 Å². The molecule has 0 saturated carbocycles. The minimum absolute atomic E-state index is 1.15. The summed E-state index contributed by atoms with van der Waals surface area (Å²) < 4.78 is 149. The number of hydrogen-bond acceptors (Lipinski definition) is 65. The summed E-state index contributed by atoms with van der Waals surface area (Å²) in [5.41, 5.74) is 0. The van der Waals surface area contributed by atoms with Crippen molar-refractivity contribution in [1.29, 1.82) is 0 Å². The number of hydrogen-bond donors (Lipinski definition) is 39. The Labute approximate surface area is 805 Å². The van der Waals surface area contributed by atoms with Gasteiger partial charge in [-0.15, -0.1) is 0 Å². The summed E-state index contributed by atoms with van der Waals surface area (Å²) in [6.45, 7) is -15.4. The van der Waals surface area contributed by atoms with E-state index in [0.29, 0.717) is 0 Å². The number of aliphatic hydroxyl groups excluding tert-OH is 39. The lowest BCUT2D eigenvalue weighted by atomic mass is 9.94. The lowest BCUT2D eigenvalue weighted by Gasteiger charge is -2.50. The van der Waals surface area contributed by atoms with Crippen molar-refractivity contribution in [1.82, 2.24) is 0 Å². The molecule has 39 N–H and O–H groups in total. The molecule has 42 fully saturated rings. The van der Waals surface area contributed by atoms with Gasteiger partial charge in [0.25, 0.3) is 0 Å². The van der Waals surface area contributed by atoms with Crippen LogP contribution in [0.4, 0.5) is 0 Å². The largest absolute Gasteiger partial charge is 0.394 e. The molecule has 42 aliphatic heterocycles. The minimum Gasteiger partial charge on any atom is -0.394 e. The van der Waals surface area contributed by atoms with Crippen LogP contribution in [-0.4, -0.2) is 684 Å². The van der Waals surface area contributed by atoms with E-state index in [1.54, 1.807) is 0 Å². The molecule has 65 atom stereocenters. The predicted molar refractivity (Wildman–Crippen MR) is 424 cm³/mol. The van der Waals surface area contributed by atoms with E-state index in [1.807, 2.05) is 0 Å². The molecule has 0 aliphatic carbocycles. The average molecular weight is 2110 g/mol. The van der Waals surface area contributed by atoms with Gasteiger partial charge in [0.05, 0.1) is 85.9 Å². The van der Waals surface area contributed by atoms with Gasteiger partial charge in [0.2, 0.25) is 0 Å². The highest BCUT2D eigenvalue weighted by atomic mass is 16.8. The van der Waals surface area contributed by atoms with Gasteiger partial charge in [0.15, 0.2) is 81.8 Å². The van der Waals surface area contributed by atoms with Crippen molar-refractivity contribution < 1.29 is 322 Å². The molecule has 26 bridgehead atoms. The third kappa shape index (κ3) is 23.4. The van der Waals surface area contributed by atoms with Crippen molar-refractivity contribution in [3.63, 3.8) is 0 Å². The molecule has 143 heavy (non-hydrogen) atoms. The SMILES string of the molecule is OCC1OC2OC3C(CO)OC(OC4C(CO)OC(O[C@H]5[C@H](O)[C@@H](O[C@@H]6C(CO)O[C@H](OC7C(CO)OC(OC8C(CO)OC(OC9C(CO)OC(OC%10C(CO)OC(OC%11C(CO)OC(O[C@@H]%12C(CO)O[C@H](OC%13C(CO)OC(OC%14C(CO)OC(OC1C(O)C2O)C(O)C%14O)C(O)C%13O)C(O)C%12O)C(O)C%11O)C(O)C%10O)C(O)C9O)C(O)C8O)C(O)C7O)[C@H](O)[C@H]6O)[C@@H](O)O[C@@H]5CO)C(O)C4O)C(O)C3O. The summed E-state index contributed by atoms with van der Waals surface area (Å²) in [6.07, 6.45) is -142. The van der Waals surface area contributed by atoms with Crippen LogP contribution in [0.25, 0.3) is 0 Å². The fourth-order valence-corrected chi connectivity index (χ4v) is 19.4. The van der Waals surface area contributed by atoms with Crippen molar-refractivity contribution in [3.8, 4) is 0 Å². The molecular weight excluding hydrogens is 1980 g/mol. The van der Waals surface area contributed by atoms with Crippen molar-refractivity contribution in [2.45, 2.75) is 399 Å². The zero-order valence-corrected chi connectivity index (χ0v) is 74.8. The number of aliphatic hydroxyl groups is 39. The van der Waals surface area contributed by atoms with Crippen LogP contribution in [-0.2, 0) is 123 Å². The summed E-state index contributed by atoms with van der Waals surface area (Å²) in [7, 11) is 0. The molecule has 42 saturated heterocycles. The first kappa shape index (κ1) is 116. The van der Waals surface area contributed by atoms with E-state index in [2.05, 4.69) is 0 Å². The van der Waals surface area contributed by atoms with Crippen LogP contribution in [0.5, 0.6) is 0 Å². The van der Waals surface area contributed by atoms with Gasteiger partial charge >= 0.3 is 0 Å². The van der Waals surface area contributed by atoms with Gasteiger partial charge < -0.3 is 322 Å². The number of ether oxygens (including phenoxy) is 26. The van der Waals surface area contributed by atoms with Crippen molar-refractivity contribution in [2.75, 3.05) is 85.9 Å². The topological polar surface area (TPSA) is 1030 Å². The molecule has 0 aromatic heterocycles. The molecule has 0 radical (unpaired) electrons. The molecule has 42 aliphatic rings. The van der Waals surface area contributed by atoms with Crippen LogP contribution in [0.3, 0.4) is 0 Å². The predicted octanol–water partition coefficient (Wildman–Crippen LogP) is -28.3. The highest BCUT2D eigenvalue weighted by Crippen LogP contribution is 2.44. The van der Waals surface area contributed by atoms with Crippen LogP contribution in [0.2, 0.25) is 0 Å². The molecule has 54 unspecified atom stereocenters. The first-order valence-corrected chi connectivity index (χ1v) is 45.7. The average Bonchev–Trinajstić information content (AvgIpc) is 0.768. The Hall–Kier alpha value is -2.60. The highest BCUT2D eigenvalue weighted by Gasteiger charge is 2.65. The van der Waals surface area contributed by atoms with Gasteiger partial charge in [-0.05, 0) is 0 Å². The van der Waals surface area contributed by atoms with E-state index < -0.39 is 485 Å². The van der Waals surface area contributed by atoms with E-state index in [-0.39, 0.29) is 0 Å². The fraction of sp³-hybridized carbons (Fsp3) is 1.00. The van der Waals surface area contributed by atoms with Gasteiger partial charge in [-0.1, -0.05) is 0 Å². The molecule has 65 heteroatoms. The molecule has 65 nitrogen and oxygen atoms in total. The van der Waals surface area contributed by atoms with Gasteiger partial charge in [0, 0.05) is 0 Å². The van der Waals surface area contributed by atoms with E-state index in [4.69, 9.17) is 123 Å².